The van der Waals surface area contributed by atoms with E-state index >= 15 is 0 Å². The molecule has 1 aromatic heterocycles. The molecule has 9 nitrogen and oxygen atoms in total. The summed E-state index contributed by atoms with van der Waals surface area (Å²) in [7, 11) is -3.79. The van der Waals surface area contributed by atoms with E-state index in [1.165, 1.54) is 0 Å². The van der Waals surface area contributed by atoms with Crippen LogP contribution in [0.15, 0.2) is 90.0 Å². The van der Waals surface area contributed by atoms with E-state index in [2.05, 4.69) is 21.5 Å². The average molecular weight is 604 g/mol. The number of fused-ring (bicyclic) bond motifs is 1. The Labute approximate surface area is 252 Å². The molecule has 0 aliphatic carbocycles. The monoisotopic (exact) mass is 603 g/mol. The summed E-state index contributed by atoms with van der Waals surface area (Å²) in [5, 5.41) is 20.3. The summed E-state index contributed by atoms with van der Waals surface area (Å²) in [6.45, 7) is 4.37. The second-order valence-corrected chi connectivity index (χ2v) is 13.2. The lowest BCUT2D eigenvalue weighted by molar-refractivity contribution is -0.276. The highest BCUT2D eigenvalue weighted by Gasteiger charge is 2.39. The quantitative estimate of drug-likeness (QED) is 0.262. The molecule has 3 N–H and O–H groups in total. The first-order valence-corrected chi connectivity index (χ1v) is 16.1. The minimum atomic E-state index is -3.79. The summed E-state index contributed by atoms with van der Waals surface area (Å²) in [5.74, 6) is 0.0474. The maximum atomic E-state index is 13.1. The number of nitrogens with one attached hydrogen (secondary N) is 1. The van der Waals surface area contributed by atoms with Crippen LogP contribution >= 0.6 is 0 Å². The molecule has 5 atom stereocenters. The van der Waals surface area contributed by atoms with Gasteiger partial charge in [-0.2, -0.15) is 0 Å². The molecule has 6 rings (SSSR count). The maximum Gasteiger partial charge on any atom is 0.243 e. The van der Waals surface area contributed by atoms with E-state index in [9.17, 15) is 18.6 Å². The molecule has 0 bridgehead atoms. The number of hydrogen-bond acceptors (Lipinski definition) is 8. The van der Waals surface area contributed by atoms with Crippen LogP contribution in [0.4, 0.5) is 0 Å². The second kappa shape index (κ2) is 12.8. The smallest absolute Gasteiger partial charge is 0.243 e. The van der Waals surface area contributed by atoms with E-state index in [0.29, 0.717) is 18.6 Å². The number of rotatable bonds is 9. The molecule has 226 valence electrons. The Morgan fingerprint density at radius 2 is 1.67 bits per heavy atom. The summed E-state index contributed by atoms with van der Waals surface area (Å²) in [4.78, 5) is 6.66. The van der Waals surface area contributed by atoms with Crippen LogP contribution < -0.4 is 4.72 Å². The number of ether oxygens (including phenoxy) is 2. The minimum absolute atomic E-state index is 0.0195. The third-order valence-electron chi connectivity index (χ3n) is 8.41. The van der Waals surface area contributed by atoms with Gasteiger partial charge in [0.25, 0.3) is 0 Å². The number of hydrogen-bond donors (Lipinski definition) is 3. The maximum absolute atomic E-state index is 13.1. The predicted octanol–water partition coefficient (Wildman–Crippen LogP) is 4.06. The fourth-order valence-corrected chi connectivity index (χ4v) is 7.10. The molecule has 0 radical (unpaired) electrons. The van der Waals surface area contributed by atoms with Crippen LogP contribution in [-0.2, 0) is 32.6 Å². The van der Waals surface area contributed by atoms with Gasteiger partial charge >= 0.3 is 0 Å². The highest BCUT2D eigenvalue weighted by atomic mass is 32.2. The fraction of sp³-hybridized carbons (Fsp3) is 0.364. The van der Waals surface area contributed by atoms with Crippen molar-refractivity contribution in [3.05, 3.63) is 107 Å². The standard InChI is InChI=1S/C33H37N3O6S/c1-22-29(20-36-17-15-28(38)19-36)41-33(42-32(22)26-11-9-24(21-37)10-12-26)27-13-7-23(8-14-27)18-35-43(39,40)30-6-2-4-25-5-3-16-34-31(25)30/h2-14,16,22,28-29,32-33,35,37-38H,15,17-21H2,1H3/t22-,28+,29+,32+,33?/m0/s1. The number of nitrogens with zero attached hydrogens (tertiary/aromatic N) is 2. The molecule has 3 heterocycles. The first-order valence-electron chi connectivity index (χ1n) is 14.6. The van der Waals surface area contributed by atoms with Crippen LogP contribution in [0.3, 0.4) is 0 Å². The van der Waals surface area contributed by atoms with Crippen molar-refractivity contribution in [2.45, 2.75) is 56.0 Å². The zero-order valence-electron chi connectivity index (χ0n) is 24.0. The number of benzene rings is 3. The number of aromatic nitrogens is 1. The Hall–Kier alpha value is -3.22. The summed E-state index contributed by atoms with van der Waals surface area (Å²) < 4.78 is 42.1. The van der Waals surface area contributed by atoms with Crippen molar-refractivity contribution in [3.8, 4) is 0 Å². The number of aliphatic hydroxyl groups is 2. The lowest BCUT2D eigenvalue weighted by atomic mass is 9.90. The van der Waals surface area contributed by atoms with Crippen molar-refractivity contribution in [1.29, 1.82) is 0 Å². The van der Waals surface area contributed by atoms with Crippen LogP contribution in [0.1, 0.15) is 48.0 Å². The molecular formula is C33H37N3O6S. The normalized spacial score (nSPS) is 24.9. The molecule has 0 amide bonds. The van der Waals surface area contributed by atoms with Crippen LogP contribution in [0, 0.1) is 5.92 Å². The van der Waals surface area contributed by atoms with Crippen molar-refractivity contribution in [1.82, 2.24) is 14.6 Å². The molecule has 2 fully saturated rings. The van der Waals surface area contributed by atoms with Gasteiger partial charge < -0.3 is 19.7 Å². The molecule has 4 aromatic rings. The van der Waals surface area contributed by atoms with Crippen LogP contribution in [-0.4, -0.2) is 60.4 Å². The van der Waals surface area contributed by atoms with Crippen molar-refractivity contribution in [2.75, 3.05) is 19.6 Å². The molecule has 2 saturated heterocycles. The van der Waals surface area contributed by atoms with E-state index in [0.717, 1.165) is 40.6 Å². The van der Waals surface area contributed by atoms with Gasteiger partial charge in [0.2, 0.25) is 10.0 Å². The summed E-state index contributed by atoms with van der Waals surface area (Å²) in [6, 6.07) is 24.1. The first kappa shape index (κ1) is 29.8. The Morgan fingerprint density at radius 1 is 0.953 bits per heavy atom. The second-order valence-electron chi connectivity index (χ2n) is 11.4. The zero-order chi connectivity index (χ0) is 30.0. The number of pyridine rings is 1. The number of para-hydroxylation sites is 1. The Bertz CT molecular complexity index is 1640. The third-order valence-corrected chi connectivity index (χ3v) is 9.85. The lowest BCUT2D eigenvalue weighted by Gasteiger charge is -2.42. The predicted molar refractivity (Wildman–Crippen MR) is 162 cm³/mol. The highest BCUT2D eigenvalue weighted by molar-refractivity contribution is 7.89. The van der Waals surface area contributed by atoms with Gasteiger partial charge in [-0.05, 0) is 35.2 Å². The molecule has 2 aliphatic heterocycles. The van der Waals surface area contributed by atoms with Crippen molar-refractivity contribution in [3.63, 3.8) is 0 Å². The summed E-state index contributed by atoms with van der Waals surface area (Å²) >= 11 is 0. The van der Waals surface area contributed by atoms with Gasteiger partial charge in [0.05, 0.1) is 30.4 Å². The summed E-state index contributed by atoms with van der Waals surface area (Å²) in [5.41, 5.74) is 3.92. The van der Waals surface area contributed by atoms with E-state index in [4.69, 9.17) is 9.47 Å². The van der Waals surface area contributed by atoms with E-state index < -0.39 is 16.3 Å². The minimum Gasteiger partial charge on any atom is -0.392 e. The van der Waals surface area contributed by atoms with Crippen molar-refractivity contribution in [2.24, 2.45) is 5.92 Å². The van der Waals surface area contributed by atoms with Gasteiger partial charge in [-0.1, -0.05) is 73.7 Å². The number of β-amino-alcohol motifs (C(OH)–C–C–N with tert-alkyl or cyclic N) is 1. The van der Waals surface area contributed by atoms with E-state index in [-0.39, 0.29) is 42.3 Å². The van der Waals surface area contributed by atoms with Crippen molar-refractivity contribution < 1.29 is 28.1 Å². The van der Waals surface area contributed by atoms with Gasteiger partial charge in [-0.15, -0.1) is 0 Å². The lowest BCUT2D eigenvalue weighted by Crippen LogP contribution is -2.44. The zero-order valence-corrected chi connectivity index (χ0v) is 24.9. The molecular weight excluding hydrogens is 566 g/mol. The Kier molecular flexibility index (Phi) is 8.88. The SMILES string of the molecule is C[C@H]1[C@@H](CN2CC[C@@H](O)C2)OC(c2ccc(CNS(=O)(=O)c3cccc4cccnc34)cc2)O[C@H]1c1ccc(CO)cc1. The molecule has 43 heavy (non-hydrogen) atoms. The summed E-state index contributed by atoms with van der Waals surface area (Å²) in [6.07, 6.45) is 1.05. The molecule has 1 unspecified atom stereocenters. The first-order chi connectivity index (χ1) is 20.8. The van der Waals surface area contributed by atoms with Crippen LogP contribution in [0.2, 0.25) is 0 Å². The Morgan fingerprint density at radius 3 is 2.40 bits per heavy atom. The third kappa shape index (κ3) is 6.66. The molecule has 3 aromatic carbocycles. The van der Waals surface area contributed by atoms with Crippen molar-refractivity contribution >= 4 is 20.9 Å². The van der Waals surface area contributed by atoms with E-state index in [1.54, 1.807) is 24.4 Å². The van der Waals surface area contributed by atoms with E-state index in [1.807, 2.05) is 60.7 Å². The topological polar surface area (TPSA) is 121 Å². The molecule has 10 heteroatoms. The molecule has 2 aliphatic rings. The van der Waals surface area contributed by atoms with Gasteiger partial charge in [0, 0.05) is 49.2 Å². The van der Waals surface area contributed by atoms with Crippen LogP contribution in [0.25, 0.3) is 10.9 Å². The number of aliphatic hydroxyl groups excluding tert-OH is 2. The van der Waals surface area contributed by atoms with Gasteiger partial charge in [0.15, 0.2) is 6.29 Å². The van der Waals surface area contributed by atoms with Gasteiger partial charge in [-0.3, -0.25) is 9.88 Å². The molecule has 0 saturated carbocycles. The van der Waals surface area contributed by atoms with Gasteiger partial charge in [0.1, 0.15) is 4.90 Å². The number of likely N-dealkylation sites (tertiary alicyclic amines) is 1. The average Bonchev–Trinajstić information content (AvgIpc) is 3.45. The Balaban J connectivity index is 1.18. The molecule has 0 spiro atoms. The number of sulfonamides is 1. The van der Waals surface area contributed by atoms with Gasteiger partial charge in [-0.25, -0.2) is 13.1 Å². The van der Waals surface area contributed by atoms with Crippen LogP contribution in [0.5, 0.6) is 0 Å². The fourth-order valence-electron chi connectivity index (χ4n) is 5.90. The largest absolute Gasteiger partial charge is 0.392 e. The highest BCUT2D eigenvalue weighted by Crippen LogP contribution is 2.42.